The van der Waals surface area contributed by atoms with Crippen LogP contribution in [-0.2, 0) is 9.53 Å². The third kappa shape index (κ3) is 7.55. The molecule has 0 radical (unpaired) electrons. The second kappa shape index (κ2) is 14.4. The number of amidine groups is 1. The molecule has 1 aliphatic rings. The molecule has 0 aliphatic carbocycles. The number of carbonyl (C=O) groups is 2. The number of methoxy groups -OCH3 is 1. The van der Waals surface area contributed by atoms with E-state index in [2.05, 4.69) is 5.32 Å². The van der Waals surface area contributed by atoms with Gasteiger partial charge in [0.05, 0.1) is 31.4 Å². The summed E-state index contributed by atoms with van der Waals surface area (Å²) in [5, 5.41) is 4.16. The van der Waals surface area contributed by atoms with E-state index >= 15 is 0 Å². The molecule has 3 aromatic carbocycles. The van der Waals surface area contributed by atoms with E-state index in [1.54, 1.807) is 37.1 Å². The second-order valence-corrected chi connectivity index (χ2v) is 10.9. The predicted molar refractivity (Wildman–Crippen MR) is 165 cm³/mol. The number of nitrogens with zero attached hydrogens (tertiary/aromatic N) is 2. The minimum absolute atomic E-state index is 0.137. The number of benzene rings is 3. The Kier molecular flexibility index (Phi) is 10.7. The standard InChI is InChI=1S/C32H35Cl2N3O5/c1-5-41-28(38)7-6-18-35-32(39)37-30(22-10-14-24(34)15-11-22)29(21-8-12-23(33)13-9-21)36-31(37)26-17-16-25(40-4)19-27(26)42-20(2)3/h8-17,19-20,29-30H,5-7,18H2,1-4H3,(H,35,39)/t29-,30+/m1/s1. The number of urea groups is 1. The zero-order chi connectivity index (χ0) is 30.2. The van der Waals surface area contributed by atoms with Crippen molar-refractivity contribution in [2.45, 2.75) is 51.8 Å². The first kappa shape index (κ1) is 31.2. The Morgan fingerprint density at radius 1 is 0.976 bits per heavy atom. The number of rotatable bonds is 11. The van der Waals surface area contributed by atoms with Gasteiger partial charge < -0.3 is 19.5 Å². The van der Waals surface area contributed by atoms with Crippen LogP contribution in [-0.4, -0.2) is 49.1 Å². The maximum absolute atomic E-state index is 14.0. The molecule has 42 heavy (non-hydrogen) atoms. The first-order valence-electron chi connectivity index (χ1n) is 13.9. The van der Waals surface area contributed by atoms with Gasteiger partial charge in [0.15, 0.2) is 0 Å². The molecule has 10 heteroatoms. The van der Waals surface area contributed by atoms with Gasteiger partial charge in [-0.05, 0) is 74.7 Å². The summed E-state index contributed by atoms with van der Waals surface area (Å²) in [6.45, 7) is 6.22. The number of halogens is 2. The number of aliphatic imine (C=N–C) groups is 1. The van der Waals surface area contributed by atoms with Gasteiger partial charge in [-0.3, -0.25) is 14.7 Å². The lowest BCUT2D eigenvalue weighted by molar-refractivity contribution is -0.143. The van der Waals surface area contributed by atoms with Crippen LogP contribution in [0.4, 0.5) is 4.79 Å². The number of hydrogen-bond acceptors (Lipinski definition) is 6. The molecule has 0 unspecified atom stereocenters. The number of nitrogens with one attached hydrogen (secondary N) is 1. The van der Waals surface area contributed by atoms with E-state index in [4.69, 9.17) is 42.4 Å². The summed E-state index contributed by atoms with van der Waals surface area (Å²) < 4.78 is 16.7. The van der Waals surface area contributed by atoms with Crippen molar-refractivity contribution in [3.63, 3.8) is 0 Å². The fourth-order valence-electron chi connectivity index (χ4n) is 4.78. The molecular formula is C32H35Cl2N3O5. The van der Waals surface area contributed by atoms with Crippen molar-refractivity contribution in [1.82, 2.24) is 10.2 Å². The summed E-state index contributed by atoms with van der Waals surface area (Å²) in [7, 11) is 1.59. The van der Waals surface area contributed by atoms with E-state index in [1.165, 1.54) is 0 Å². The highest BCUT2D eigenvalue weighted by Crippen LogP contribution is 2.45. The number of carbonyl (C=O) groups excluding carboxylic acids is 2. The quantitative estimate of drug-likeness (QED) is 0.180. The van der Waals surface area contributed by atoms with Crippen molar-refractivity contribution < 1.29 is 23.8 Å². The molecular weight excluding hydrogens is 577 g/mol. The van der Waals surface area contributed by atoms with Gasteiger partial charge in [0, 0.05) is 29.1 Å². The van der Waals surface area contributed by atoms with Crippen LogP contribution in [0, 0.1) is 0 Å². The molecule has 0 saturated carbocycles. The normalized spacial score (nSPS) is 16.3. The lowest BCUT2D eigenvalue weighted by atomic mass is 9.94. The average Bonchev–Trinajstić information content (AvgIpc) is 3.36. The zero-order valence-electron chi connectivity index (χ0n) is 24.1. The minimum atomic E-state index is -0.516. The molecule has 0 bridgehead atoms. The predicted octanol–water partition coefficient (Wildman–Crippen LogP) is 7.39. The van der Waals surface area contributed by atoms with E-state index in [1.807, 2.05) is 62.4 Å². The van der Waals surface area contributed by atoms with Crippen LogP contribution in [0.2, 0.25) is 10.0 Å². The summed E-state index contributed by atoms with van der Waals surface area (Å²) in [6, 6.07) is 18.9. The van der Waals surface area contributed by atoms with Gasteiger partial charge in [-0.1, -0.05) is 47.5 Å². The maximum Gasteiger partial charge on any atom is 0.323 e. The van der Waals surface area contributed by atoms with Crippen LogP contribution in [0.5, 0.6) is 11.5 Å². The lowest BCUT2D eigenvalue weighted by Gasteiger charge is -2.30. The second-order valence-electron chi connectivity index (χ2n) is 9.98. The molecule has 0 saturated heterocycles. The van der Waals surface area contributed by atoms with Crippen molar-refractivity contribution in [3.05, 3.63) is 93.5 Å². The Balaban J connectivity index is 1.80. The Bertz CT molecular complexity index is 1410. The first-order chi connectivity index (χ1) is 20.2. The van der Waals surface area contributed by atoms with Crippen molar-refractivity contribution in [2.24, 2.45) is 4.99 Å². The molecule has 4 rings (SSSR count). The number of hydrogen-bond donors (Lipinski definition) is 1. The minimum Gasteiger partial charge on any atom is -0.497 e. The molecule has 3 aromatic rings. The summed E-state index contributed by atoms with van der Waals surface area (Å²) >= 11 is 12.5. The van der Waals surface area contributed by atoms with Crippen molar-refractivity contribution in [3.8, 4) is 11.5 Å². The lowest BCUT2D eigenvalue weighted by Crippen LogP contribution is -2.44. The van der Waals surface area contributed by atoms with Gasteiger partial charge in [-0.25, -0.2) is 4.79 Å². The summed E-state index contributed by atoms with van der Waals surface area (Å²) in [5.74, 6) is 1.29. The third-order valence-electron chi connectivity index (χ3n) is 6.64. The Morgan fingerprint density at radius 2 is 1.62 bits per heavy atom. The van der Waals surface area contributed by atoms with Crippen LogP contribution in [0.1, 0.15) is 62.4 Å². The smallest absolute Gasteiger partial charge is 0.323 e. The Hall–Kier alpha value is -3.75. The van der Waals surface area contributed by atoms with Crippen molar-refractivity contribution >= 4 is 41.0 Å². The number of esters is 1. The van der Waals surface area contributed by atoms with Crippen LogP contribution < -0.4 is 14.8 Å². The number of ether oxygens (including phenoxy) is 3. The average molecular weight is 613 g/mol. The van der Waals surface area contributed by atoms with Gasteiger partial charge in [-0.2, -0.15) is 0 Å². The van der Waals surface area contributed by atoms with E-state index < -0.39 is 12.1 Å². The fourth-order valence-corrected chi connectivity index (χ4v) is 5.03. The summed E-state index contributed by atoms with van der Waals surface area (Å²) in [4.78, 5) is 32.7. The highest BCUT2D eigenvalue weighted by molar-refractivity contribution is 6.30. The van der Waals surface area contributed by atoms with E-state index in [0.717, 1.165) is 11.1 Å². The monoisotopic (exact) mass is 611 g/mol. The largest absolute Gasteiger partial charge is 0.497 e. The van der Waals surface area contributed by atoms with Gasteiger partial charge >= 0.3 is 12.0 Å². The van der Waals surface area contributed by atoms with E-state index in [-0.39, 0.29) is 31.1 Å². The molecule has 0 aromatic heterocycles. The molecule has 1 heterocycles. The highest BCUT2D eigenvalue weighted by atomic mass is 35.5. The zero-order valence-corrected chi connectivity index (χ0v) is 25.6. The van der Waals surface area contributed by atoms with E-state index in [0.29, 0.717) is 46.0 Å². The number of amides is 2. The maximum atomic E-state index is 14.0. The molecule has 1 aliphatic heterocycles. The van der Waals surface area contributed by atoms with Crippen LogP contribution >= 0.6 is 23.2 Å². The Morgan fingerprint density at radius 3 is 2.21 bits per heavy atom. The topological polar surface area (TPSA) is 89.5 Å². The van der Waals surface area contributed by atoms with Crippen LogP contribution in [0.25, 0.3) is 0 Å². The fraction of sp³-hybridized carbons (Fsp3) is 0.344. The van der Waals surface area contributed by atoms with Gasteiger partial charge in [-0.15, -0.1) is 0 Å². The van der Waals surface area contributed by atoms with Gasteiger partial charge in [0.25, 0.3) is 0 Å². The van der Waals surface area contributed by atoms with Crippen LogP contribution in [0.3, 0.4) is 0 Å². The van der Waals surface area contributed by atoms with Crippen molar-refractivity contribution in [1.29, 1.82) is 0 Å². The van der Waals surface area contributed by atoms with E-state index in [9.17, 15) is 9.59 Å². The van der Waals surface area contributed by atoms with Gasteiger partial charge in [0.1, 0.15) is 23.4 Å². The molecule has 222 valence electrons. The molecule has 1 N–H and O–H groups in total. The SMILES string of the molecule is CCOC(=O)CCCNC(=O)N1C(c2ccc(OC)cc2OC(C)C)=N[C@H](c2ccc(Cl)cc2)[C@@H]1c1ccc(Cl)cc1. The highest BCUT2D eigenvalue weighted by Gasteiger charge is 2.43. The summed E-state index contributed by atoms with van der Waals surface area (Å²) in [5.41, 5.74) is 2.37. The summed E-state index contributed by atoms with van der Waals surface area (Å²) in [6.07, 6.45) is 0.497. The Labute approximate surface area is 256 Å². The third-order valence-corrected chi connectivity index (χ3v) is 7.14. The van der Waals surface area contributed by atoms with Crippen LogP contribution in [0.15, 0.2) is 71.7 Å². The van der Waals surface area contributed by atoms with Crippen molar-refractivity contribution in [2.75, 3.05) is 20.3 Å². The molecule has 8 nitrogen and oxygen atoms in total. The van der Waals surface area contributed by atoms with Gasteiger partial charge in [0.2, 0.25) is 0 Å². The molecule has 2 atom stereocenters. The molecule has 2 amide bonds. The first-order valence-corrected chi connectivity index (χ1v) is 14.6. The molecule has 0 spiro atoms. The molecule has 0 fully saturated rings.